The number of aryl methyl sites for hydroxylation is 3. The second kappa shape index (κ2) is 7.00. The molecule has 1 aliphatic carbocycles. The Morgan fingerprint density at radius 3 is 2.62 bits per heavy atom. The molecule has 26 heavy (non-hydrogen) atoms. The summed E-state index contributed by atoms with van der Waals surface area (Å²) in [7, 11) is 0. The van der Waals surface area contributed by atoms with Crippen molar-refractivity contribution in [2.75, 3.05) is 5.32 Å². The van der Waals surface area contributed by atoms with E-state index in [0.29, 0.717) is 0 Å². The summed E-state index contributed by atoms with van der Waals surface area (Å²) in [5, 5.41) is 4.12. The number of thiazole rings is 1. The normalized spacial score (nSPS) is 16.2. The molecule has 1 unspecified atom stereocenters. The zero-order valence-corrected chi connectivity index (χ0v) is 15.8. The molecule has 1 aliphatic rings. The first-order chi connectivity index (χ1) is 12.6. The average molecular weight is 363 g/mol. The van der Waals surface area contributed by atoms with Crippen molar-refractivity contribution in [3.05, 3.63) is 64.4 Å². The average Bonchev–Trinajstić information content (AvgIpc) is 3.05. The maximum atomic E-state index is 12.7. The highest BCUT2D eigenvalue weighted by molar-refractivity contribution is 7.15. The number of carbonyl (C=O) groups excluding carboxylic acids is 1. The van der Waals surface area contributed by atoms with Crippen LogP contribution in [0.25, 0.3) is 10.6 Å². The summed E-state index contributed by atoms with van der Waals surface area (Å²) in [4.78, 5) is 22.8. The van der Waals surface area contributed by atoms with E-state index >= 15 is 0 Å². The molecule has 1 amide bonds. The standard InChI is InChI=1S/C21H21N3OS/c1-13-9-14(2)11-17(10-13)23-20(25)16-3-4-18-19(12-16)26-21(24-18)15-5-7-22-8-6-15/h5-11,16H,3-4,12H2,1-2H3,(H,23,25). The third kappa shape index (κ3) is 3.53. The first-order valence-electron chi connectivity index (χ1n) is 8.86. The molecule has 0 saturated carbocycles. The van der Waals surface area contributed by atoms with Crippen LogP contribution in [0.2, 0.25) is 0 Å². The molecule has 1 N–H and O–H groups in total. The van der Waals surface area contributed by atoms with Crippen LogP contribution >= 0.6 is 11.3 Å². The summed E-state index contributed by atoms with van der Waals surface area (Å²) in [6.45, 7) is 4.10. The van der Waals surface area contributed by atoms with Crippen LogP contribution in [0, 0.1) is 19.8 Å². The highest BCUT2D eigenvalue weighted by Gasteiger charge is 2.27. The number of aromatic nitrogens is 2. The fourth-order valence-corrected chi connectivity index (χ4v) is 4.70. The van der Waals surface area contributed by atoms with Crippen molar-refractivity contribution >= 4 is 22.9 Å². The van der Waals surface area contributed by atoms with E-state index < -0.39 is 0 Å². The molecule has 132 valence electrons. The van der Waals surface area contributed by atoms with Gasteiger partial charge in [0.05, 0.1) is 5.69 Å². The van der Waals surface area contributed by atoms with E-state index in [-0.39, 0.29) is 11.8 Å². The molecule has 0 aliphatic heterocycles. The summed E-state index contributed by atoms with van der Waals surface area (Å²) >= 11 is 1.70. The van der Waals surface area contributed by atoms with Gasteiger partial charge in [0.15, 0.2) is 0 Å². The first-order valence-corrected chi connectivity index (χ1v) is 9.68. The Kier molecular flexibility index (Phi) is 4.55. The topological polar surface area (TPSA) is 54.9 Å². The van der Waals surface area contributed by atoms with Crippen molar-refractivity contribution in [1.29, 1.82) is 0 Å². The van der Waals surface area contributed by atoms with Gasteiger partial charge >= 0.3 is 0 Å². The van der Waals surface area contributed by atoms with E-state index in [2.05, 4.69) is 16.4 Å². The summed E-state index contributed by atoms with van der Waals surface area (Å²) in [5.41, 5.74) is 5.46. The van der Waals surface area contributed by atoms with E-state index in [1.165, 1.54) is 4.88 Å². The molecular weight excluding hydrogens is 342 g/mol. The van der Waals surface area contributed by atoms with Gasteiger partial charge in [-0.05, 0) is 68.5 Å². The molecule has 0 radical (unpaired) electrons. The van der Waals surface area contributed by atoms with Crippen molar-refractivity contribution in [3.63, 3.8) is 0 Å². The molecule has 4 nitrogen and oxygen atoms in total. The third-order valence-electron chi connectivity index (χ3n) is 4.73. The summed E-state index contributed by atoms with van der Waals surface area (Å²) in [6.07, 6.45) is 6.06. The Bertz CT molecular complexity index is 929. The van der Waals surface area contributed by atoms with Gasteiger partial charge in [-0.2, -0.15) is 0 Å². The van der Waals surface area contributed by atoms with Gasteiger partial charge in [0, 0.05) is 34.4 Å². The quantitative estimate of drug-likeness (QED) is 0.742. The third-order valence-corrected chi connectivity index (χ3v) is 5.90. The minimum Gasteiger partial charge on any atom is -0.326 e. The van der Waals surface area contributed by atoms with Crippen LogP contribution in [-0.4, -0.2) is 15.9 Å². The van der Waals surface area contributed by atoms with Gasteiger partial charge in [0.2, 0.25) is 5.91 Å². The Morgan fingerprint density at radius 1 is 1.15 bits per heavy atom. The maximum Gasteiger partial charge on any atom is 0.227 e. The molecule has 0 fully saturated rings. The SMILES string of the molecule is Cc1cc(C)cc(NC(=O)C2CCc3nc(-c4ccncc4)sc3C2)c1. The summed E-state index contributed by atoms with van der Waals surface area (Å²) < 4.78 is 0. The number of rotatable bonds is 3. The number of benzene rings is 1. The number of carbonyl (C=O) groups is 1. The van der Waals surface area contributed by atoms with Crippen LogP contribution in [0.3, 0.4) is 0 Å². The Hall–Kier alpha value is -2.53. The van der Waals surface area contributed by atoms with Crippen LogP contribution in [0.4, 0.5) is 5.69 Å². The number of fused-ring (bicyclic) bond motifs is 1. The van der Waals surface area contributed by atoms with Crippen molar-refractivity contribution < 1.29 is 4.79 Å². The minimum absolute atomic E-state index is 0.00839. The van der Waals surface area contributed by atoms with Gasteiger partial charge < -0.3 is 5.32 Å². The molecular formula is C21H21N3OS. The summed E-state index contributed by atoms with van der Waals surface area (Å²) in [5.74, 6) is 0.119. The monoisotopic (exact) mass is 363 g/mol. The van der Waals surface area contributed by atoms with Crippen molar-refractivity contribution in [2.24, 2.45) is 5.92 Å². The van der Waals surface area contributed by atoms with Crippen LogP contribution in [0.15, 0.2) is 42.7 Å². The molecule has 2 heterocycles. The Morgan fingerprint density at radius 2 is 1.88 bits per heavy atom. The highest BCUT2D eigenvalue weighted by Crippen LogP contribution is 2.34. The number of hydrogen-bond donors (Lipinski definition) is 1. The molecule has 0 bridgehead atoms. The Labute approximate surface area is 157 Å². The van der Waals surface area contributed by atoms with E-state index in [1.54, 1.807) is 23.7 Å². The fourth-order valence-electron chi connectivity index (χ4n) is 3.51. The van der Waals surface area contributed by atoms with Crippen molar-refractivity contribution in [2.45, 2.75) is 33.1 Å². The molecule has 4 rings (SSSR count). The molecule has 3 aromatic rings. The number of anilines is 1. The first kappa shape index (κ1) is 16.9. The van der Waals surface area contributed by atoms with Crippen LogP contribution in [0.1, 0.15) is 28.1 Å². The molecule has 5 heteroatoms. The lowest BCUT2D eigenvalue weighted by Gasteiger charge is -2.20. The lowest BCUT2D eigenvalue weighted by atomic mass is 9.90. The number of amides is 1. The van der Waals surface area contributed by atoms with Crippen molar-refractivity contribution in [1.82, 2.24) is 9.97 Å². The molecule has 1 aromatic carbocycles. The molecule has 0 saturated heterocycles. The van der Waals surface area contributed by atoms with Gasteiger partial charge in [0.25, 0.3) is 0 Å². The second-order valence-electron chi connectivity index (χ2n) is 6.93. The predicted octanol–water partition coefficient (Wildman–Crippen LogP) is 4.57. The predicted molar refractivity (Wildman–Crippen MR) is 105 cm³/mol. The second-order valence-corrected chi connectivity index (χ2v) is 8.01. The largest absolute Gasteiger partial charge is 0.326 e. The van der Waals surface area contributed by atoms with Crippen LogP contribution < -0.4 is 5.32 Å². The van der Waals surface area contributed by atoms with E-state index in [1.807, 2.05) is 38.1 Å². The summed E-state index contributed by atoms with van der Waals surface area (Å²) in [6, 6.07) is 10.1. The zero-order chi connectivity index (χ0) is 18.1. The van der Waals surface area contributed by atoms with Crippen LogP contribution in [-0.2, 0) is 17.6 Å². The lowest BCUT2D eigenvalue weighted by molar-refractivity contribution is -0.120. The fraction of sp³-hybridized carbons (Fsp3) is 0.286. The minimum atomic E-state index is 0.00839. The lowest BCUT2D eigenvalue weighted by Crippen LogP contribution is -2.27. The van der Waals surface area contributed by atoms with Gasteiger partial charge in [-0.25, -0.2) is 4.98 Å². The van der Waals surface area contributed by atoms with Gasteiger partial charge in [-0.15, -0.1) is 11.3 Å². The highest BCUT2D eigenvalue weighted by atomic mass is 32.1. The smallest absolute Gasteiger partial charge is 0.227 e. The number of pyridine rings is 1. The van der Waals surface area contributed by atoms with E-state index in [9.17, 15) is 4.79 Å². The number of nitrogens with zero attached hydrogens (tertiary/aromatic N) is 2. The Balaban J connectivity index is 1.49. The van der Waals surface area contributed by atoms with Gasteiger partial charge in [-0.1, -0.05) is 6.07 Å². The van der Waals surface area contributed by atoms with Gasteiger partial charge in [0.1, 0.15) is 5.01 Å². The maximum absolute atomic E-state index is 12.7. The number of nitrogens with one attached hydrogen (secondary N) is 1. The van der Waals surface area contributed by atoms with Crippen molar-refractivity contribution in [3.8, 4) is 10.6 Å². The number of hydrogen-bond acceptors (Lipinski definition) is 4. The molecule has 0 spiro atoms. The van der Waals surface area contributed by atoms with Gasteiger partial charge in [-0.3, -0.25) is 9.78 Å². The van der Waals surface area contributed by atoms with E-state index in [0.717, 1.165) is 52.3 Å². The van der Waals surface area contributed by atoms with E-state index in [4.69, 9.17) is 4.98 Å². The molecule has 1 atom stereocenters. The van der Waals surface area contributed by atoms with Crippen LogP contribution in [0.5, 0.6) is 0 Å². The molecule has 2 aromatic heterocycles. The zero-order valence-electron chi connectivity index (χ0n) is 15.0.